The van der Waals surface area contributed by atoms with Crippen molar-refractivity contribution in [2.24, 2.45) is 5.41 Å². The van der Waals surface area contributed by atoms with E-state index in [0.717, 1.165) is 130 Å². The lowest BCUT2D eigenvalue weighted by Gasteiger charge is -2.45. The number of aryl methyl sites for hydroxylation is 2. The second-order valence-corrected chi connectivity index (χ2v) is 47.1. The third-order valence-corrected chi connectivity index (χ3v) is 33.7. The van der Waals surface area contributed by atoms with Gasteiger partial charge in [-0.15, -0.1) is 23.5 Å². The second-order valence-electron chi connectivity index (χ2n) is 37.2. The van der Waals surface area contributed by atoms with Crippen LogP contribution in [0, 0.1) is 38.9 Å². The molecule has 10 aromatic carbocycles. The number of carboxylic acids is 1. The number of carboxylic acid groups (broad SMARTS) is 1. The molecule has 0 bridgehead atoms. The topological polar surface area (TPSA) is 321 Å². The molecule has 4 fully saturated rings. The number of hydrogen-bond acceptors (Lipinski definition) is 21. The van der Waals surface area contributed by atoms with Gasteiger partial charge in [-0.1, -0.05) is 96.0 Å². The zero-order valence-electron chi connectivity index (χ0n) is 80.5. The number of sulfone groups is 1. The summed E-state index contributed by atoms with van der Waals surface area (Å²) in [5.74, 6) is -0.452. The van der Waals surface area contributed by atoms with Crippen molar-refractivity contribution >= 4 is 142 Å². The monoisotopic (exact) mass is 2070 g/mol. The van der Waals surface area contributed by atoms with Crippen LogP contribution >= 0.6 is 54.3 Å². The Balaban J connectivity index is 0.000000213. The van der Waals surface area contributed by atoms with Gasteiger partial charge in [-0.3, -0.25) is 18.8 Å². The minimum Gasteiger partial charge on any atom is -0.481 e. The summed E-state index contributed by atoms with van der Waals surface area (Å²) in [6.07, 6.45) is 3.24. The third-order valence-electron chi connectivity index (χ3n) is 26.4. The number of rotatable bonds is 37. The Morgan fingerprint density at radius 2 is 0.979 bits per heavy atom. The van der Waals surface area contributed by atoms with Crippen LogP contribution in [0.15, 0.2) is 261 Å². The van der Waals surface area contributed by atoms with Gasteiger partial charge in [0.05, 0.1) is 43.2 Å². The number of carbonyl (C=O) groups excluding carboxylic acids is 1. The minimum atomic E-state index is -4.62. The van der Waals surface area contributed by atoms with Crippen LogP contribution in [-0.2, 0) is 50.5 Å². The number of ether oxygens (including phenoxy) is 1. The van der Waals surface area contributed by atoms with E-state index in [0.29, 0.717) is 133 Å². The maximum atomic E-state index is 15.7. The highest BCUT2D eigenvalue weighted by Crippen LogP contribution is 2.48. The fraction of sp³-hybridized carbons (Fsp3) is 0.340. The standard InChI is InChI=1S/C53H60ClFN6O6S3.C53H62ClN6O8PS2/c1-35(2)61-37(4)51(69(6,64)65)49(50(61)38-12-14-40(54)15-13-38)39-29-41(55)31-45(30-39)60-26-24-59(25-27-60)44-18-16-42(17-19-44)57-70(66,67)47-20-21-48(36(3)28-47)56-43(32-68-46-10-8-7-9-11-46)22-23-58-33-53(5,34-58)52(62)63;1-4-60-38(3)50(53(62)68-36-69(63,64)65)51(52(60)39-13-15-41(54)16-14-39)40-9-8-10-45(34-40)59-31-29-58(30-32-59)44-19-17-42(18-20-44)56-71(66,67)48-21-22-49(37(2)33-48)55-43(35-70-47-11-6-5-7-12-47)23-26-57-27-24-46(61)25-28-57/h7-21,28-31,35,43,56-57H,22-27,32-34H2,1-6H3,(H,62,63);5-22,33-34,43,46,55-56,61H,4,23-32,35-36H2,1-3H3,(H2,63,64,65)/t2*43-/m11/s1. The number of aliphatic hydroxyl groups excluding tert-OH is 1. The number of benzene rings is 10. The van der Waals surface area contributed by atoms with Gasteiger partial charge in [0.25, 0.3) is 20.0 Å². The van der Waals surface area contributed by atoms with Crippen LogP contribution in [0.1, 0.15) is 92.3 Å². The van der Waals surface area contributed by atoms with Crippen molar-refractivity contribution in [3.63, 3.8) is 0 Å². The van der Waals surface area contributed by atoms with Crippen molar-refractivity contribution in [1.82, 2.24) is 18.9 Å². The molecule has 2 aromatic heterocycles. The highest BCUT2D eigenvalue weighted by atomic mass is 35.5. The van der Waals surface area contributed by atoms with Crippen molar-refractivity contribution < 1.29 is 68.5 Å². The molecule has 16 rings (SSSR count). The first kappa shape index (κ1) is 105. The first-order valence-corrected chi connectivity index (χ1v) is 56.7. The average molecular weight is 2070 g/mol. The molecule has 746 valence electrons. The number of hydrogen-bond donors (Lipinski definition) is 8. The number of aliphatic carboxylic acids is 1. The Morgan fingerprint density at radius 3 is 1.43 bits per heavy atom. The van der Waals surface area contributed by atoms with E-state index >= 15 is 4.39 Å². The van der Waals surface area contributed by atoms with Crippen LogP contribution < -0.4 is 39.7 Å². The predicted octanol–water partition coefficient (Wildman–Crippen LogP) is 20.7. The summed E-state index contributed by atoms with van der Waals surface area (Å²) in [6, 6.07) is 72.8. The second kappa shape index (κ2) is 45.4. The van der Waals surface area contributed by atoms with E-state index in [2.05, 4.69) is 73.7 Å². The molecular weight excluding hydrogens is 1950 g/mol. The van der Waals surface area contributed by atoms with Crippen LogP contribution in [0.5, 0.6) is 0 Å². The largest absolute Gasteiger partial charge is 0.481 e. The molecule has 0 spiro atoms. The van der Waals surface area contributed by atoms with Crippen LogP contribution in [-0.4, -0.2) is 210 Å². The number of thioether (sulfide) groups is 2. The van der Waals surface area contributed by atoms with E-state index < -0.39 is 67.0 Å². The summed E-state index contributed by atoms with van der Waals surface area (Å²) in [5, 5.41) is 28.0. The maximum absolute atomic E-state index is 15.7. The number of anilines is 8. The third kappa shape index (κ3) is 26.1. The Bertz CT molecular complexity index is 6840. The van der Waals surface area contributed by atoms with Gasteiger partial charge in [0.2, 0.25) is 0 Å². The van der Waals surface area contributed by atoms with E-state index in [1.807, 2.05) is 165 Å². The van der Waals surface area contributed by atoms with Crippen LogP contribution in [0.2, 0.25) is 10.0 Å². The van der Waals surface area contributed by atoms with Crippen LogP contribution in [0.4, 0.5) is 49.9 Å². The van der Waals surface area contributed by atoms with E-state index in [1.165, 1.54) is 23.3 Å². The molecule has 2 atom stereocenters. The Kier molecular flexibility index (Phi) is 33.7. The molecular formula is C106H122Cl2FN12O14PS5. The summed E-state index contributed by atoms with van der Waals surface area (Å²) < 4.78 is 124. The minimum absolute atomic E-state index is 0.0434. The van der Waals surface area contributed by atoms with Gasteiger partial charge in [-0.2, -0.15) is 0 Å². The molecule has 6 heterocycles. The van der Waals surface area contributed by atoms with E-state index in [1.54, 1.807) is 123 Å². The Morgan fingerprint density at radius 1 is 0.525 bits per heavy atom. The zero-order chi connectivity index (χ0) is 100. The maximum Gasteiger partial charge on any atom is 0.362 e. The molecule has 0 amide bonds. The van der Waals surface area contributed by atoms with Crippen molar-refractivity contribution in [2.45, 2.75) is 136 Å². The Labute approximate surface area is 845 Å². The summed E-state index contributed by atoms with van der Waals surface area (Å²) in [7, 11) is -16.2. The number of likely N-dealkylation sites (tertiary alicyclic amines) is 2. The number of halogens is 3. The van der Waals surface area contributed by atoms with E-state index in [4.69, 9.17) is 27.9 Å². The highest BCUT2D eigenvalue weighted by Gasteiger charge is 2.45. The first-order valence-electron chi connectivity index (χ1n) is 47.3. The van der Waals surface area contributed by atoms with E-state index in [9.17, 15) is 59.4 Å². The quantitative estimate of drug-likeness (QED) is 0.0102. The molecule has 4 aliphatic heterocycles. The van der Waals surface area contributed by atoms with Gasteiger partial charge in [0, 0.05) is 222 Å². The number of piperazine rings is 2. The summed E-state index contributed by atoms with van der Waals surface area (Å²) >= 11 is 16.1. The fourth-order valence-electron chi connectivity index (χ4n) is 19.1. The molecule has 0 radical (unpaired) electrons. The molecule has 4 aliphatic rings. The van der Waals surface area contributed by atoms with Gasteiger partial charge in [0.15, 0.2) is 16.2 Å². The summed E-state index contributed by atoms with van der Waals surface area (Å²) in [5.41, 5.74) is 13.7. The summed E-state index contributed by atoms with van der Waals surface area (Å²) in [6.45, 7) is 25.3. The molecule has 4 saturated heterocycles. The fourth-order valence-corrected chi connectivity index (χ4v) is 25.1. The number of esters is 1. The molecule has 0 saturated carbocycles. The Hall–Kier alpha value is -10.8. The van der Waals surface area contributed by atoms with Gasteiger partial charge in [-0.25, -0.2) is 34.4 Å². The van der Waals surface area contributed by atoms with Crippen molar-refractivity contribution in [2.75, 3.05) is 155 Å². The van der Waals surface area contributed by atoms with Crippen molar-refractivity contribution in [3.05, 3.63) is 281 Å². The van der Waals surface area contributed by atoms with Crippen LogP contribution in [0.3, 0.4) is 0 Å². The first-order chi connectivity index (χ1) is 67.2. The zero-order valence-corrected chi connectivity index (χ0v) is 86.9. The molecule has 26 nitrogen and oxygen atoms in total. The lowest BCUT2D eigenvalue weighted by Crippen LogP contribution is -2.59. The number of nitrogens with one attached hydrogen (secondary N) is 4. The number of aliphatic hydroxyl groups is 1. The van der Waals surface area contributed by atoms with Gasteiger partial charge < -0.3 is 73.9 Å². The number of sulfonamides is 2. The van der Waals surface area contributed by atoms with Crippen LogP contribution in [0.25, 0.3) is 44.8 Å². The van der Waals surface area contributed by atoms with Crippen molar-refractivity contribution in [3.8, 4) is 44.8 Å². The molecule has 0 unspecified atom stereocenters. The number of carbonyl (C=O) groups is 2. The average Bonchev–Trinajstić information content (AvgIpc) is 1.58. The molecule has 12 aromatic rings. The SMILES string of the molecule is CCn1c(C)c(C(=O)OCP(=O)(O)O)c(-c2cccc(N3CCN(c4ccc(NS(=O)(=O)c5ccc(N[C@H](CCN6CCC(O)CC6)CSc6ccccc6)c(C)c5)cc4)CC3)c2)c1-c1ccc(Cl)cc1.Cc1cc(S(=O)(=O)Nc2ccc(N3CCN(c4cc(F)cc(-c5c(S(C)(=O)=O)c(C)n(C(C)C)c5-c5ccc(Cl)cc5)c4)CC3)cc2)ccc1N[C@H](CCN1CC(C)(C(=O)O)C1)CSc1ccccc1. The molecule has 141 heavy (non-hydrogen) atoms. The molecule has 0 aliphatic carbocycles. The van der Waals surface area contributed by atoms with Gasteiger partial charge in [-0.05, 0) is 278 Å². The summed E-state index contributed by atoms with van der Waals surface area (Å²) in [4.78, 5) is 60.6. The number of piperidine rings is 1. The number of nitrogens with zero attached hydrogens (tertiary/aromatic N) is 8. The lowest BCUT2D eigenvalue weighted by atomic mass is 9.82. The van der Waals surface area contributed by atoms with Crippen molar-refractivity contribution in [1.29, 1.82) is 0 Å². The lowest BCUT2D eigenvalue weighted by molar-refractivity contribution is -0.158. The van der Waals surface area contributed by atoms with Gasteiger partial charge in [0.1, 0.15) is 5.82 Å². The smallest absolute Gasteiger partial charge is 0.362 e. The normalized spacial score (nSPS) is 15.6. The number of aromatic nitrogens is 2. The van der Waals surface area contributed by atoms with Gasteiger partial charge >= 0.3 is 19.5 Å². The predicted molar refractivity (Wildman–Crippen MR) is 570 cm³/mol. The van der Waals surface area contributed by atoms with E-state index in [-0.39, 0.29) is 44.5 Å². The molecule has 8 N–H and O–H groups in total. The molecule has 35 heteroatoms. The highest BCUT2D eigenvalue weighted by molar-refractivity contribution is 7.99.